The summed E-state index contributed by atoms with van der Waals surface area (Å²) in [6.07, 6.45) is 1.77. The predicted molar refractivity (Wildman–Crippen MR) is 50.6 cm³/mol. The first kappa shape index (κ1) is 8.88. The molecule has 0 aliphatic heterocycles. The Morgan fingerprint density at radius 1 is 1.55 bits per heavy atom. The van der Waals surface area contributed by atoms with Gasteiger partial charge in [-0.1, -0.05) is 25.4 Å². The maximum absolute atomic E-state index is 5.94. The molecule has 0 unspecified atom stereocenters. The van der Waals surface area contributed by atoms with Crippen LogP contribution >= 0.6 is 24.2 Å². The lowest BCUT2D eigenvalue weighted by Gasteiger charge is -2.06. The second kappa shape index (κ2) is 3.46. The number of hydrogen-bond acceptors (Lipinski definition) is 2. The number of thiol groups is 1. The van der Waals surface area contributed by atoms with Crippen molar-refractivity contribution in [1.29, 1.82) is 0 Å². The monoisotopic (exact) mass is 187 g/mol. The normalized spacial score (nSPS) is 10.6. The van der Waals surface area contributed by atoms with E-state index >= 15 is 0 Å². The van der Waals surface area contributed by atoms with E-state index in [9.17, 15) is 0 Å². The Morgan fingerprint density at radius 3 is 2.64 bits per heavy atom. The predicted octanol–water partition coefficient (Wildman–Crippen LogP) is 3.15. The van der Waals surface area contributed by atoms with Crippen molar-refractivity contribution < 1.29 is 0 Å². The van der Waals surface area contributed by atoms with Gasteiger partial charge in [0.1, 0.15) is 0 Å². The second-order valence-corrected chi connectivity index (χ2v) is 3.58. The van der Waals surface area contributed by atoms with Crippen LogP contribution in [-0.4, -0.2) is 4.98 Å². The minimum atomic E-state index is 0.420. The molecule has 0 saturated heterocycles. The quantitative estimate of drug-likeness (QED) is 0.667. The molecule has 1 aromatic rings. The van der Waals surface area contributed by atoms with Crippen molar-refractivity contribution in [2.45, 2.75) is 24.8 Å². The van der Waals surface area contributed by atoms with Gasteiger partial charge in [0, 0.05) is 11.2 Å². The molecule has 0 radical (unpaired) electrons. The number of rotatable bonds is 1. The van der Waals surface area contributed by atoms with Crippen molar-refractivity contribution in [1.82, 2.24) is 4.98 Å². The molecular weight excluding hydrogens is 178 g/mol. The Balaban J connectivity index is 3.09. The Labute approximate surface area is 77.2 Å². The van der Waals surface area contributed by atoms with Crippen molar-refractivity contribution in [3.05, 3.63) is 22.8 Å². The Morgan fingerprint density at radius 2 is 2.18 bits per heavy atom. The van der Waals surface area contributed by atoms with Crippen molar-refractivity contribution in [2.75, 3.05) is 0 Å². The Bertz CT molecular complexity index is 260. The summed E-state index contributed by atoms with van der Waals surface area (Å²) in [5.41, 5.74) is 1.07. The zero-order chi connectivity index (χ0) is 8.43. The van der Waals surface area contributed by atoms with Gasteiger partial charge in [-0.05, 0) is 17.5 Å². The Hall–Kier alpha value is -0.210. The average Bonchev–Trinajstić information content (AvgIpc) is 1.85. The van der Waals surface area contributed by atoms with Crippen LogP contribution in [0.1, 0.15) is 25.3 Å². The van der Waals surface area contributed by atoms with Crippen LogP contribution in [0.4, 0.5) is 0 Å². The average molecular weight is 188 g/mol. The van der Waals surface area contributed by atoms with Crippen molar-refractivity contribution >= 4 is 24.2 Å². The van der Waals surface area contributed by atoms with Crippen molar-refractivity contribution in [3.8, 4) is 0 Å². The molecule has 0 aliphatic rings. The highest BCUT2D eigenvalue weighted by atomic mass is 35.5. The van der Waals surface area contributed by atoms with E-state index in [0.717, 1.165) is 10.6 Å². The largest absolute Gasteiger partial charge is 0.250 e. The summed E-state index contributed by atoms with van der Waals surface area (Å²) in [6, 6.07) is 1.76. The summed E-state index contributed by atoms with van der Waals surface area (Å²) in [7, 11) is 0. The summed E-state index contributed by atoms with van der Waals surface area (Å²) >= 11 is 10.0. The topological polar surface area (TPSA) is 12.9 Å². The number of pyridine rings is 1. The van der Waals surface area contributed by atoms with Crippen LogP contribution in [-0.2, 0) is 0 Å². The van der Waals surface area contributed by atoms with Gasteiger partial charge in [-0.3, -0.25) is 0 Å². The molecule has 3 heteroatoms. The molecule has 0 N–H and O–H groups in total. The zero-order valence-electron chi connectivity index (χ0n) is 6.50. The third-order valence-electron chi connectivity index (χ3n) is 1.49. The van der Waals surface area contributed by atoms with E-state index in [2.05, 4.69) is 31.5 Å². The third kappa shape index (κ3) is 2.11. The molecule has 0 amide bonds. The van der Waals surface area contributed by atoms with Crippen molar-refractivity contribution in [3.63, 3.8) is 0 Å². The fraction of sp³-hybridized carbons (Fsp3) is 0.375. The number of halogens is 1. The van der Waals surface area contributed by atoms with Gasteiger partial charge in [0.25, 0.3) is 0 Å². The third-order valence-corrected chi connectivity index (χ3v) is 2.06. The minimum absolute atomic E-state index is 0.420. The van der Waals surface area contributed by atoms with Crippen LogP contribution in [0.15, 0.2) is 17.3 Å². The summed E-state index contributed by atoms with van der Waals surface area (Å²) < 4.78 is 0. The van der Waals surface area contributed by atoms with Crippen LogP contribution in [0.5, 0.6) is 0 Å². The van der Waals surface area contributed by atoms with Crippen LogP contribution in [0.3, 0.4) is 0 Å². The van der Waals surface area contributed by atoms with Crippen LogP contribution in [0.2, 0.25) is 5.02 Å². The van der Waals surface area contributed by atoms with Gasteiger partial charge in [-0.2, -0.15) is 0 Å². The van der Waals surface area contributed by atoms with Gasteiger partial charge >= 0.3 is 0 Å². The van der Waals surface area contributed by atoms with Crippen LogP contribution < -0.4 is 0 Å². The summed E-state index contributed by atoms with van der Waals surface area (Å²) in [5, 5.41) is 1.42. The van der Waals surface area contributed by atoms with Gasteiger partial charge in [0.15, 0.2) is 0 Å². The van der Waals surface area contributed by atoms with E-state index in [1.54, 1.807) is 12.3 Å². The smallest absolute Gasteiger partial charge is 0.0944 e. The molecule has 1 nitrogen and oxygen atoms in total. The molecule has 0 fully saturated rings. The molecule has 1 rings (SSSR count). The van der Waals surface area contributed by atoms with E-state index in [1.165, 1.54) is 0 Å². The highest BCUT2D eigenvalue weighted by molar-refractivity contribution is 7.80. The van der Waals surface area contributed by atoms with E-state index in [0.29, 0.717) is 10.9 Å². The summed E-state index contributed by atoms with van der Waals surface area (Å²) in [6.45, 7) is 4.17. The molecule has 60 valence electrons. The van der Waals surface area contributed by atoms with Gasteiger partial charge < -0.3 is 0 Å². The minimum Gasteiger partial charge on any atom is -0.250 e. The van der Waals surface area contributed by atoms with Gasteiger partial charge in [0.05, 0.1) is 5.03 Å². The maximum atomic E-state index is 5.94. The van der Waals surface area contributed by atoms with Gasteiger partial charge in [-0.15, -0.1) is 12.6 Å². The summed E-state index contributed by atoms with van der Waals surface area (Å²) in [5.74, 6) is 0.420. The highest BCUT2D eigenvalue weighted by Crippen LogP contribution is 2.24. The van der Waals surface area contributed by atoms with E-state index in [1.807, 2.05) is 0 Å². The first-order valence-electron chi connectivity index (χ1n) is 3.45. The molecule has 11 heavy (non-hydrogen) atoms. The molecule has 1 heterocycles. The second-order valence-electron chi connectivity index (χ2n) is 2.72. The maximum Gasteiger partial charge on any atom is 0.0944 e. The standard InChI is InChI=1S/C8H10ClNS/c1-5(2)6-4-10-8(11)3-7(6)9/h3-5H,1-2H3,(H,10,11). The van der Waals surface area contributed by atoms with E-state index < -0.39 is 0 Å². The molecule has 0 bridgehead atoms. The fourth-order valence-corrected chi connectivity index (χ4v) is 1.49. The molecule has 0 aromatic carbocycles. The first-order valence-corrected chi connectivity index (χ1v) is 4.28. The fourth-order valence-electron chi connectivity index (χ4n) is 0.856. The first-order chi connectivity index (χ1) is 5.11. The molecule has 1 aromatic heterocycles. The molecule has 0 spiro atoms. The van der Waals surface area contributed by atoms with Gasteiger partial charge in [-0.25, -0.2) is 4.98 Å². The number of nitrogens with zero attached hydrogens (tertiary/aromatic N) is 1. The molecule has 0 saturated carbocycles. The lowest BCUT2D eigenvalue weighted by Crippen LogP contribution is -1.90. The highest BCUT2D eigenvalue weighted by Gasteiger charge is 2.04. The lowest BCUT2D eigenvalue weighted by atomic mass is 10.1. The molecule has 0 aliphatic carbocycles. The molecular formula is C8H10ClNS. The van der Waals surface area contributed by atoms with Crippen molar-refractivity contribution in [2.24, 2.45) is 0 Å². The van der Waals surface area contributed by atoms with Gasteiger partial charge in [0.2, 0.25) is 0 Å². The van der Waals surface area contributed by atoms with Crippen LogP contribution in [0, 0.1) is 0 Å². The van der Waals surface area contributed by atoms with E-state index in [-0.39, 0.29) is 0 Å². The number of hydrogen-bond donors (Lipinski definition) is 1. The zero-order valence-corrected chi connectivity index (χ0v) is 8.15. The van der Waals surface area contributed by atoms with E-state index in [4.69, 9.17) is 11.6 Å². The van der Waals surface area contributed by atoms with Crippen LogP contribution in [0.25, 0.3) is 0 Å². The Kier molecular flexibility index (Phi) is 2.79. The SMILES string of the molecule is CC(C)c1cnc(S)cc1Cl. The molecule has 0 atom stereocenters. The lowest BCUT2D eigenvalue weighted by molar-refractivity contribution is 0.851. The number of aromatic nitrogens is 1. The summed E-state index contributed by atoms with van der Waals surface area (Å²) in [4.78, 5) is 4.04.